The van der Waals surface area contributed by atoms with E-state index < -0.39 is 6.04 Å². The van der Waals surface area contributed by atoms with Crippen LogP contribution in [0.5, 0.6) is 0 Å². The number of nitrogens with zero attached hydrogens (tertiary/aromatic N) is 1. The van der Waals surface area contributed by atoms with Crippen LogP contribution in [0.15, 0.2) is 0 Å². The predicted molar refractivity (Wildman–Crippen MR) is 56.2 cm³/mol. The smallest absolute Gasteiger partial charge is 0.245 e. The van der Waals surface area contributed by atoms with Gasteiger partial charge in [0.2, 0.25) is 11.8 Å². The second-order valence-corrected chi connectivity index (χ2v) is 3.28. The minimum Gasteiger partial charge on any atom is -0.395 e. The molecule has 6 heteroatoms. The van der Waals surface area contributed by atoms with Gasteiger partial charge in [-0.25, -0.2) is 0 Å². The normalized spacial score (nSPS) is 12.0. The van der Waals surface area contributed by atoms with Gasteiger partial charge in [0.05, 0.1) is 6.61 Å². The molecule has 0 aromatic rings. The molecule has 2 N–H and O–H groups in total. The lowest BCUT2D eigenvalue weighted by molar-refractivity contribution is -0.134. The van der Waals surface area contributed by atoms with Gasteiger partial charge in [-0.2, -0.15) is 12.6 Å². The summed E-state index contributed by atoms with van der Waals surface area (Å²) in [6.45, 7) is 1.50. The monoisotopic (exact) mass is 220 g/mol. The fraction of sp³-hybridized carbons (Fsp3) is 0.750. The third-order valence-corrected chi connectivity index (χ3v) is 2.03. The minimum absolute atomic E-state index is 0.0956. The van der Waals surface area contributed by atoms with Crippen LogP contribution in [-0.4, -0.2) is 53.8 Å². The maximum Gasteiger partial charge on any atom is 0.245 e. The van der Waals surface area contributed by atoms with Crippen LogP contribution in [-0.2, 0) is 9.59 Å². The Kier molecular flexibility index (Phi) is 6.31. The molecule has 0 heterocycles. The highest BCUT2D eigenvalue weighted by Crippen LogP contribution is 1.95. The van der Waals surface area contributed by atoms with Crippen molar-refractivity contribution in [3.63, 3.8) is 0 Å². The Morgan fingerprint density at radius 3 is 2.50 bits per heavy atom. The van der Waals surface area contributed by atoms with Crippen LogP contribution in [0.1, 0.15) is 6.92 Å². The molecule has 0 spiro atoms. The van der Waals surface area contributed by atoms with E-state index in [1.807, 2.05) is 0 Å². The Morgan fingerprint density at radius 2 is 2.14 bits per heavy atom. The van der Waals surface area contributed by atoms with Gasteiger partial charge in [0.1, 0.15) is 6.04 Å². The van der Waals surface area contributed by atoms with E-state index in [0.29, 0.717) is 0 Å². The standard InChI is InChI=1S/C8H16N2O3S/c1-6(12)9-7(5-14)8(13)10(2)3-4-11/h7,11,14H,3-5H2,1-2H3,(H,9,12). The first-order chi connectivity index (χ1) is 6.52. The highest BCUT2D eigenvalue weighted by Gasteiger charge is 2.20. The molecule has 82 valence electrons. The maximum atomic E-state index is 11.6. The first-order valence-corrected chi connectivity index (χ1v) is 4.90. The number of aliphatic hydroxyl groups is 1. The van der Waals surface area contributed by atoms with E-state index in [9.17, 15) is 9.59 Å². The number of carbonyl (C=O) groups excluding carboxylic acids is 2. The number of thiol groups is 1. The Labute approximate surface area is 88.9 Å². The van der Waals surface area contributed by atoms with E-state index in [1.54, 1.807) is 7.05 Å². The molecule has 0 aliphatic heterocycles. The van der Waals surface area contributed by atoms with E-state index in [4.69, 9.17) is 5.11 Å². The van der Waals surface area contributed by atoms with Crippen molar-refractivity contribution in [1.29, 1.82) is 0 Å². The molecule has 0 aliphatic rings. The van der Waals surface area contributed by atoms with Crippen molar-refractivity contribution in [3.05, 3.63) is 0 Å². The molecule has 0 saturated carbocycles. The van der Waals surface area contributed by atoms with E-state index in [-0.39, 0.29) is 30.7 Å². The molecule has 0 fully saturated rings. The summed E-state index contributed by atoms with van der Waals surface area (Å²) in [5.74, 6) is -0.271. The van der Waals surface area contributed by atoms with Crippen LogP contribution in [0.2, 0.25) is 0 Å². The summed E-state index contributed by atoms with van der Waals surface area (Å²) < 4.78 is 0. The summed E-state index contributed by atoms with van der Waals surface area (Å²) in [5, 5.41) is 11.1. The van der Waals surface area contributed by atoms with Gasteiger partial charge in [-0.1, -0.05) is 0 Å². The summed E-state index contributed by atoms with van der Waals surface area (Å²) in [6.07, 6.45) is 0. The van der Waals surface area contributed by atoms with Gasteiger partial charge in [0, 0.05) is 26.3 Å². The lowest BCUT2D eigenvalue weighted by Crippen LogP contribution is -2.48. The number of amides is 2. The zero-order valence-corrected chi connectivity index (χ0v) is 9.25. The second kappa shape index (κ2) is 6.67. The van der Waals surface area contributed by atoms with Crippen LogP contribution >= 0.6 is 12.6 Å². The lowest BCUT2D eigenvalue weighted by Gasteiger charge is -2.22. The molecule has 1 atom stereocenters. The van der Waals surface area contributed by atoms with E-state index >= 15 is 0 Å². The Balaban J connectivity index is 4.22. The second-order valence-electron chi connectivity index (χ2n) is 2.92. The van der Waals surface area contributed by atoms with Gasteiger partial charge in [-0.15, -0.1) is 0 Å². The van der Waals surface area contributed by atoms with Crippen molar-refractivity contribution >= 4 is 24.4 Å². The van der Waals surface area contributed by atoms with Crippen LogP contribution < -0.4 is 5.32 Å². The lowest BCUT2D eigenvalue weighted by atomic mass is 10.3. The summed E-state index contributed by atoms with van der Waals surface area (Å²) in [4.78, 5) is 23.6. The van der Waals surface area contributed by atoms with Crippen molar-refractivity contribution < 1.29 is 14.7 Å². The van der Waals surface area contributed by atoms with E-state index in [1.165, 1.54) is 11.8 Å². The quantitative estimate of drug-likeness (QED) is 0.514. The van der Waals surface area contributed by atoms with Crippen molar-refractivity contribution in [2.45, 2.75) is 13.0 Å². The van der Waals surface area contributed by atoms with Crippen molar-refractivity contribution in [2.24, 2.45) is 0 Å². The van der Waals surface area contributed by atoms with Gasteiger partial charge in [-0.05, 0) is 0 Å². The van der Waals surface area contributed by atoms with Crippen molar-refractivity contribution in [2.75, 3.05) is 26.0 Å². The summed E-state index contributed by atoms with van der Waals surface area (Å²) >= 11 is 3.97. The number of nitrogens with one attached hydrogen (secondary N) is 1. The number of aliphatic hydroxyl groups excluding tert-OH is 1. The summed E-state index contributed by atoms with van der Waals surface area (Å²) in [6, 6.07) is -0.618. The Bertz CT molecular complexity index is 211. The molecule has 0 aromatic heterocycles. The van der Waals surface area contributed by atoms with Gasteiger partial charge in [-0.3, -0.25) is 9.59 Å². The molecular weight excluding hydrogens is 204 g/mol. The summed E-state index contributed by atoms with van der Waals surface area (Å²) in [7, 11) is 1.57. The molecule has 5 nitrogen and oxygen atoms in total. The Hall–Kier alpha value is -0.750. The SMILES string of the molecule is CC(=O)NC(CS)C(=O)N(C)CCO. The first-order valence-electron chi connectivity index (χ1n) is 4.26. The topological polar surface area (TPSA) is 69.6 Å². The average Bonchev–Trinajstić information content (AvgIpc) is 2.13. The number of hydrogen-bond acceptors (Lipinski definition) is 4. The number of rotatable bonds is 5. The molecule has 1 unspecified atom stereocenters. The number of carbonyl (C=O) groups is 2. The minimum atomic E-state index is -0.618. The van der Waals surface area contributed by atoms with Crippen LogP contribution in [0.25, 0.3) is 0 Å². The highest BCUT2D eigenvalue weighted by atomic mass is 32.1. The largest absolute Gasteiger partial charge is 0.395 e. The van der Waals surface area contributed by atoms with Crippen LogP contribution in [0, 0.1) is 0 Å². The molecule has 0 rings (SSSR count). The highest BCUT2D eigenvalue weighted by molar-refractivity contribution is 7.80. The zero-order valence-electron chi connectivity index (χ0n) is 8.36. The predicted octanol–water partition coefficient (Wildman–Crippen LogP) is -1.13. The van der Waals surface area contributed by atoms with Crippen molar-refractivity contribution in [1.82, 2.24) is 10.2 Å². The molecule has 0 saturated heterocycles. The Morgan fingerprint density at radius 1 is 1.57 bits per heavy atom. The fourth-order valence-electron chi connectivity index (χ4n) is 0.957. The molecule has 2 amide bonds. The molecule has 0 bridgehead atoms. The molecule has 0 aliphatic carbocycles. The van der Waals surface area contributed by atoms with Gasteiger partial charge >= 0.3 is 0 Å². The van der Waals surface area contributed by atoms with Crippen LogP contribution in [0.4, 0.5) is 0 Å². The third-order valence-electron chi connectivity index (χ3n) is 1.67. The summed E-state index contributed by atoms with van der Waals surface area (Å²) in [5.41, 5.74) is 0. The number of likely N-dealkylation sites (N-methyl/N-ethyl adjacent to an activating group) is 1. The zero-order chi connectivity index (χ0) is 11.1. The fourth-order valence-corrected chi connectivity index (χ4v) is 1.20. The maximum absolute atomic E-state index is 11.6. The van der Waals surface area contributed by atoms with E-state index in [0.717, 1.165) is 0 Å². The van der Waals surface area contributed by atoms with Gasteiger partial charge in [0.15, 0.2) is 0 Å². The molecule has 0 aromatic carbocycles. The van der Waals surface area contributed by atoms with Gasteiger partial charge < -0.3 is 15.3 Å². The third kappa shape index (κ3) is 4.48. The molecule has 0 radical (unpaired) electrons. The van der Waals surface area contributed by atoms with Crippen molar-refractivity contribution in [3.8, 4) is 0 Å². The number of hydrogen-bond donors (Lipinski definition) is 3. The van der Waals surface area contributed by atoms with Crippen LogP contribution in [0.3, 0.4) is 0 Å². The first kappa shape index (κ1) is 13.2. The molecule has 14 heavy (non-hydrogen) atoms. The van der Waals surface area contributed by atoms with E-state index in [2.05, 4.69) is 17.9 Å². The van der Waals surface area contributed by atoms with Gasteiger partial charge in [0.25, 0.3) is 0 Å². The molecular formula is C8H16N2O3S. The average molecular weight is 220 g/mol.